The van der Waals surface area contributed by atoms with Crippen molar-refractivity contribution in [1.29, 1.82) is 0 Å². The zero-order valence-corrected chi connectivity index (χ0v) is 27.6. The minimum atomic E-state index is 0.598. The predicted octanol–water partition coefficient (Wildman–Crippen LogP) is 12.5. The number of furan rings is 1. The first-order chi connectivity index (χ1) is 24.7. The number of aromatic nitrogens is 3. The summed E-state index contributed by atoms with van der Waals surface area (Å²) in [4.78, 5) is 14.9. The van der Waals surface area contributed by atoms with Gasteiger partial charge in [0.05, 0.1) is 0 Å². The summed E-state index contributed by atoms with van der Waals surface area (Å²) in [6.45, 7) is 0. The maximum atomic E-state index is 6.44. The fourth-order valence-electron chi connectivity index (χ4n) is 6.79. The van der Waals surface area contributed by atoms with E-state index >= 15 is 0 Å². The second-order valence-corrected chi connectivity index (χ2v) is 13.5. The lowest BCUT2D eigenvalue weighted by atomic mass is 10.0. The van der Waals surface area contributed by atoms with E-state index in [-0.39, 0.29) is 0 Å². The number of fused-ring (bicyclic) bond motifs is 6. The number of hydrogen-bond donors (Lipinski definition) is 0. The molecule has 234 valence electrons. The molecule has 3 aromatic heterocycles. The van der Waals surface area contributed by atoms with Crippen LogP contribution in [0, 0.1) is 0 Å². The first-order valence-electron chi connectivity index (χ1n) is 16.6. The molecule has 10 rings (SSSR count). The van der Waals surface area contributed by atoms with Gasteiger partial charge in [0.2, 0.25) is 0 Å². The molecular formula is C45H27N3OS. The van der Waals surface area contributed by atoms with Crippen LogP contribution in [0.4, 0.5) is 0 Å². The van der Waals surface area contributed by atoms with Crippen LogP contribution in [0.25, 0.3) is 98.5 Å². The van der Waals surface area contributed by atoms with E-state index in [0.29, 0.717) is 17.5 Å². The van der Waals surface area contributed by atoms with Crippen LogP contribution in [0.3, 0.4) is 0 Å². The van der Waals surface area contributed by atoms with E-state index in [1.54, 1.807) is 0 Å². The van der Waals surface area contributed by atoms with Crippen LogP contribution < -0.4 is 0 Å². The van der Waals surface area contributed by atoms with Crippen LogP contribution >= 0.6 is 11.3 Å². The molecule has 5 heteroatoms. The van der Waals surface area contributed by atoms with E-state index < -0.39 is 0 Å². The summed E-state index contributed by atoms with van der Waals surface area (Å²) in [7, 11) is 0. The van der Waals surface area contributed by atoms with Gasteiger partial charge in [-0.3, -0.25) is 0 Å². The number of thiophene rings is 1. The number of hydrogen-bond acceptors (Lipinski definition) is 5. The lowest BCUT2D eigenvalue weighted by molar-refractivity contribution is 0.669. The Morgan fingerprint density at radius 1 is 0.320 bits per heavy atom. The van der Waals surface area contributed by atoms with Gasteiger partial charge < -0.3 is 4.42 Å². The van der Waals surface area contributed by atoms with E-state index in [1.165, 1.54) is 31.3 Å². The van der Waals surface area contributed by atoms with Gasteiger partial charge in [-0.15, -0.1) is 11.3 Å². The average molecular weight is 658 g/mol. The Labute approximate surface area is 292 Å². The smallest absolute Gasteiger partial charge is 0.164 e. The van der Waals surface area contributed by atoms with Gasteiger partial charge in [-0.05, 0) is 64.7 Å². The number of benzene rings is 7. The van der Waals surface area contributed by atoms with Gasteiger partial charge in [-0.2, -0.15) is 0 Å². The van der Waals surface area contributed by atoms with Crippen LogP contribution in [0.1, 0.15) is 0 Å². The van der Waals surface area contributed by atoms with Gasteiger partial charge in [0.1, 0.15) is 11.2 Å². The molecule has 0 saturated heterocycles. The molecule has 0 aliphatic rings. The van der Waals surface area contributed by atoms with Gasteiger partial charge in [0, 0.05) is 47.6 Å². The van der Waals surface area contributed by atoms with E-state index in [2.05, 4.69) is 121 Å². The van der Waals surface area contributed by atoms with E-state index in [1.807, 2.05) is 53.8 Å². The third-order valence-corrected chi connectivity index (χ3v) is 10.5. The highest BCUT2D eigenvalue weighted by Gasteiger charge is 2.16. The van der Waals surface area contributed by atoms with Gasteiger partial charge in [-0.1, -0.05) is 121 Å². The number of nitrogens with zero attached hydrogens (tertiary/aromatic N) is 3. The summed E-state index contributed by atoms with van der Waals surface area (Å²) in [6.07, 6.45) is 0. The van der Waals surface area contributed by atoms with Crippen LogP contribution in [0.15, 0.2) is 168 Å². The van der Waals surface area contributed by atoms with Crippen molar-refractivity contribution >= 4 is 53.4 Å². The summed E-state index contributed by atoms with van der Waals surface area (Å²) in [6, 6.07) is 56.9. The molecule has 0 bridgehead atoms. The van der Waals surface area contributed by atoms with Crippen molar-refractivity contribution in [2.75, 3.05) is 0 Å². The van der Waals surface area contributed by atoms with Crippen LogP contribution in [0.2, 0.25) is 0 Å². The maximum Gasteiger partial charge on any atom is 0.164 e. The van der Waals surface area contributed by atoms with E-state index in [0.717, 1.165) is 49.8 Å². The third-order valence-electron chi connectivity index (χ3n) is 9.36. The Kier molecular flexibility index (Phi) is 6.64. The molecule has 7 aromatic carbocycles. The lowest BCUT2D eigenvalue weighted by Gasteiger charge is -2.09. The van der Waals surface area contributed by atoms with Crippen molar-refractivity contribution in [2.45, 2.75) is 0 Å². The Bertz CT molecular complexity index is 2860. The predicted molar refractivity (Wildman–Crippen MR) is 207 cm³/mol. The fraction of sp³-hybridized carbons (Fsp3) is 0. The van der Waals surface area contributed by atoms with E-state index in [4.69, 9.17) is 19.4 Å². The zero-order valence-electron chi connectivity index (χ0n) is 26.7. The molecule has 0 radical (unpaired) electrons. The largest absolute Gasteiger partial charge is 0.456 e. The van der Waals surface area contributed by atoms with Crippen molar-refractivity contribution in [1.82, 2.24) is 15.0 Å². The molecule has 3 heterocycles. The van der Waals surface area contributed by atoms with Crippen LogP contribution in [-0.4, -0.2) is 15.0 Å². The van der Waals surface area contributed by atoms with Crippen LogP contribution in [0.5, 0.6) is 0 Å². The molecule has 0 fully saturated rings. The summed E-state index contributed by atoms with van der Waals surface area (Å²) < 4.78 is 9.05. The van der Waals surface area contributed by atoms with Gasteiger partial charge in [0.15, 0.2) is 17.5 Å². The molecule has 50 heavy (non-hydrogen) atoms. The molecule has 10 aromatic rings. The molecule has 0 unspecified atom stereocenters. The normalized spacial score (nSPS) is 11.6. The van der Waals surface area contributed by atoms with Gasteiger partial charge in [0.25, 0.3) is 0 Å². The highest BCUT2D eigenvalue weighted by Crippen LogP contribution is 2.39. The molecule has 0 aliphatic carbocycles. The molecule has 4 nitrogen and oxygen atoms in total. The Morgan fingerprint density at radius 3 is 1.60 bits per heavy atom. The van der Waals surface area contributed by atoms with E-state index in [9.17, 15) is 0 Å². The molecular weight excluding hydrogens is 631 g/mol. The fourth-order valence-corrected chi connectivity index (χ4v) is 7.88. The average Bonchev–Trinajstić information content (AvgIpc) is 3.75. The standard InChI is InChI=1S/C45H27N3OS/c1-3-9-28(10-4-1)29-15-17-31(18-16-29)44-46-43(30-11-5-2-6-12-30)47-45(48-44)34-19-22-35-37-25-32(20-23-39(37)49-40(35)27-34)33-21-24-42-38(26-33)36-13-7-8-14-41(36)50-42/h1-27H. The number of rotatable bonds is 5. The van der Waals surface area contributed by atoms with Crippen molar-refractivity contribution in [3.63, 3.8) is 0 Å². The second-order valence-electron chi connectivity index (χ2n) is 12.4. The summed E-state index contributed by atoms with van der Waals surface area (Å²) in [5.41, 5.74) is 9.04. The van der Waals surface area contributed by atoms with Crippen molar-refractivity contribution in [2.24, 2.45) is 0 Å². The van der Waals surface area contributed by atoms with Crippen molar-refractivity contribution in [3.05, 3.63) is 164 Å². The maximum absolute atomic E-state index is 6.44. The van der Waals surface area contributed by atoms with Gasteiger partial charge >= 0.3 is 0 Å². The SMILES string of the molecule is c1ccc(-c2ccc(-c3nc(-c4ccccc4)nc(-c4ccc5c(c4)oc4ccc(-c6ccc7sc8ccccc8c7c6)cc45)n3)cc2)cc1. The molecule has 0 atom stereocenters. The summed E-state index contributed by atoms with van der Waals surface area (Å²) in [5.74, 6) is 1.85. The highest BCUT2D eigenvalue weighted by molar-refractivity contribution is 7.25. The van der Waals surface area contributed by atoms with Crippen molar-refractivity contribution in [3.8, 4) is 56.4 Å². The summed E-state index contributed by atoms with van der Waals surface area (Å²) >= 11 is 1.84. The van der Waals surface area contributed by atoms with Crippen LogP contribution in [-0.2, 0) is 0 Å². The monoisotopic (exact) mass is 657 g/mol. The second kappa shape index (κ2) is 11.6. The highest BCUT2D eigenvalue weighted by atomic mass is 32.1. The summed E-state index contributed by atoms with van der Waals surface area (Å²) in [5, 5.41) is 4.74. The zero-order chi connectivity index (χ0) is 33.0. The Balaban J connectivity index is 1.05. The minimum Gasteiger partial charge on any atom is -0.456 e. The molecule has 0 amide bonds. The third kappa shape index (κ3) is 4.95. The molecule has 0 saturated carbocycles. The molecule has 0 spiro atoms. The Hall–Kier alpha value is -6.43. The Morgan fingerprint density at radius 2 is 0.840 bits per heavy atom. The first-order valence-corrected chi connectivity index (χ1v) is 17.4. The minimum absolute atomic E-state index is 0.598. The molecule has 0 aliphatic heterocycles. The first kappa shape index (κ1) is 28.6. The topological polar surface area (TPSA) is 51.8 Å². The lowest BCUT2D eigenvalue weighted by Crippen LogP contribution is -2.00. The van der Waals surface area contributed by atoms with Crippen molar-refractivity contribution < 1.29 is 4.42 Å². The molecule has 0 N–H and O–H groups in total. The quantitative estimate of drug-likeness (QED) is 0.185. The van der Waals surface area contributed by atoms with Gasteiger partial charge in [-0.25, -0.2) is 15.0 Å².